The standard InChI is InChI=1S/C14H25N3/c1-4-6-7-10-17(3)12-8-9-14(16-11-12)13(15)5-2/h8-9,11,13H,4-7,10,15H2,1-3H3. The van der Waals surface area contributed by atoms with Gasteiger partial charge in [-0.25, -0.2) is 0 Å². The summed E-state index contributed by atoms with van der Waals surface area (Å²) in [5.74, 6) is 0. The van der Waals surface area contributed by atoms with Gasteiger partial charge in [0, 0.05) is 19.6 Å². The Hall–Kier alpha value is -1.09. The molecule has 3 heteroatoms. The van der Waals surface area contributed by atoms with Gasteiger partial charge in [-0.3, -0.25) is 4.98 Å². The van der Waals surface area contributed by atoms with Gasteiger partial charge >= 0.3 is 0 Å². The molecule has 0 amide bonds. The summed E-state index contributed by atoms with van der Waals surface area (Å²) in [6.45, 7) is 5.40. The monoisotopic (exact) mass is 235 g/mol. The second-order valence-electron chi connectivity index (χ2n) is 4.58. The van der Waals surface area contributed by atoms with Crippen molar-refractivity contribution in [3.05, 3.63) is 24.0 Å². The summed E-state index contributed by atoms with van der Waals surface area (Å²) in [6, 6.07) is 4.22. The number of anilines is 1. The lowest BCUT2D eigenvalue weighted by molar-refractivity contribution is 0.673. The number of hydrogen-bond donors (Lipinski definition) is 1. The number of unbranched alkanes of at least 4 members (excludes halogenated alkanes) is 2. The smallest absolute Gasteiger partial charge is 0.0572 e. The van der Waals surface area contributed by atoms with Crippen molar-refractivity contribution in [3.8, 4) is 0 Å². The topological polar surface area (TPSA) is 42.1 Å². The predicted octanol–water partition coefficient (Wildman–Crippen LogP) is 3.12. The second kappa shape index (κ2) is 7.28. The average Bonchev–Trinajstić information content (AvgIpc) is 2.38. The van der Waals surface area contributed by atoms with Crippen molar-refractivity contribution in [2.75, 3.05) is 18.5 Å². The first-order valence-electron chi connectivity index (χ1n) is 6.61. The molecule has 1 rings (SSSR count). The van der Waals surface area contributed by atoms with Crippen LogP contribution >= 0.6 is 0 Å². The van der Waals surface area contributed by atoms with E-state index in [2.05, 4.69) is 36.8 Å². The van der Waals surface area contributed by atoms with Crippen LogP contribution in [0.2, 0.25) is 0 Å². The van der Waals surface area contributed by atoms with Crippen molar-refractivity contribution < 1.29 is 0 Å². The first kappa shape index (κ1) is 14.0. The van der Waals surface area contributed by atoms with E-state index >= 15 is 0 Å². The van der Waals surface area contributed by atoms with Crippen LogP contribution in [0.1, 0.15) is 51.3 Å². The summed E-state index contributed by atoms with van der Waals surface area (Å²) in [7, 11) is 2.12. The Morgan fingerprint density at radius 2 is 2.06 bits per heavy atom. The summed E-state index contributed by atoms with van der Waals surface area (Å²) in [5, 5.41) is 0. The van der Waals surface area contributed by atoms with E-state index in [1.807, 2.05) is 12.3 Å². The molecule has 0 aliphatic rings. The lowest BCUT2D eigenvalue weighted by atomic mass is 10.1. The van der Waals surface area contributed by atoms with E-state index in [1.165, 1.54) is 24.9 Å². The van der Waals surface area contributed by atoms with E-state index in [-0.39, 0.29) is 6.04 Å². The molecule has 3 nitrogen and oxygen atoms in total. The van der Waals surface area contributed by atoms with E-state index in [9.17, 15) is 0 Å². The fraction of sp³-hybridized carbons (Fsp3) is 0.643. The third-order valence-electron chi connectivity index (χ3n) is 3.13. The fourth-order valence-corrected chi connectivity index (χ4v) is 1.78. The molecule has 0 spiro atoms. The van der Waals surface area contributed by atoms with Crippen LogP contribution in [0, 0.1) is 0 Å². The lowest BCUT2D eigenvalue weighted by Gasteiger charge is -2.19. The third kappa shape index (κ3) is 4.35. The zero-order chi connectivity index (χ0) is 12.7. The van der Waals surface area contributed by atoms with Crippen LogP contribution in [0.15, 0.2) is 18.3 Å². The van der Waals surface area contributed by atoms with Crippen LogP contribution in [0.25, 0.3) is 0 Å². The molecule has 0 saturated carbocycles. The molecule has 1 heterocycles. The van der Waals surface area contributed by atoms with Gasteiger partial charge in [0.15, 0.2) is 0 Å². The Bertz CT molecular complexity index is 308. The highest BCUT2D eigenvalue weighted by molar-refractivity contribution is 5.43. The first-order valence-corrected chi connectivity index (χ1v) is 6.61. The number of pyridine rings is 1. The molecule has 0 aliphatic heterocycles. The molecule has 1 atom stereocenters. The molecule has 96 valence electrons. The van der Waals surface area contributed by atoms with Gasteiger partial charge in [0.05, 0.1) is 17.6 Å². The predicted molar refractivity (Wildman–Crippen MR) is 74.3 cm³/mol. The molecular formula is C14H25N3. The quantitative estimate of drug-likeness (QED) is 0.738. The zero-order valence-electron chi connectivity index (χ0n) is 11.3. The number of rotatable bonds is 7. The van der Waals surface area contributed by atoms with Gasteiger partial charge in [-0.05, 0) is 25.0 Å². The molecule has 2 N–H and O–H groups in total. The molecule has 1 unspecified atom stereocenters. The highest BCUT2D eigenvalue weighted by atomic mass is 15.1. The van der Waals surface area contributed by atoms with Gasteiger partial charge in [-0.1, -0.05) is 26.7 Å². The molecule has 1 aromatic rings. The summed E-state index contributed by atoms with van der Waals surface area (Å²) >= 11 is 0. The molecule has 0 bridgehead atoms. The van der Waals surface area contributed by atoms with Crippen LogP contribution in [-0.2, 0) is 0 Å². The minimum atomic E-state index is 0.0643. The Morgan fingerprint density at radius 3 is 2.59 bits per heavy atom. The molecule has 0 aliphatic carbocycles. The summed E-state index contributed by atoms with van der Waals surface area (Å²) < 4.78 is 0. The average molecular weight is 235 g/mol. The molecule has 0 radical (unpaired) electrons. The molecule has 17 heavy (non-hydrogen) atoms. The van der Waals surface area contributed by atoms with Gasteiger partial charge in [0.1, 0.15) is 0 Å². The number of nitrogens with two attached hydrogens (primary N) is 1. The molecule has 0 aromatic carbocycles. The SMILES string of the molecule is CCCCCN(C)c1ccc(C(N)CC)nc1. The zero-order valence-corrected chi connectivity index (χ0v) is 11.3. The number of nitrogens with zero attached hydrogens (tertiary/aromatic N) is 2. The Labute approximate surface area is 105 Å². The maximum Gasteiger partial charge on any atom is 0.0572 e. The number of hydrogen-bond acceptors (Lipinski definition) is 3. The molecule has 0 fully saturated rings. The van der Waals surface area contributed by atoms with Gasteiger partial charge in [0.2, 0.25) is 0 Å². The van der Waals surface area contributed by atoms with Crippen LogP contribution in [0.3, 0.4) is 0 Å². The van der Waals surface area contributed by atoms with E-state index in [1.54, 1.807) is 0 Å². The first-order chi connectivity index (χ1) is 8.19. The number of aromatic nitrogens is 1. The van der Waals surface area contributed by atoms with Crippen molar-refractivity contribution >= 4 is 5.69 Å². The summed E-state index contributed by atoms with van der Waals surface area (Å²) in [6.07, 6.45) is 6.64. The Morgan fingerprint density at radius 1 is 1.29 bits per heavy atom. The van der Waals surface area contributed by atoms with E-state index in [4.69, 9.17) is 5.73 Å². The van der Waals surface area contributed by atoms with Crippen molar-refractivity contribution in [1.29, 1.82) is 0 Å². The van der Waals surface area contributed by atoms with Crippen LogP contribution in [0.4, 0.5) is 5.69 Å². The van der Waals surface area contributed by atoms with Gasteiger partial charge in [0.25, 0.3) is 0 Å². The van der Waals surface area contributed by atoms with Gasteiger partial charge in [-0.15, -0.1) is 0 Å². The van der Waals surface area contributed by atoms with Crippen LogP contribution < -0.4 is 10.6 Å². The largest absolute Gasteiger partial charge is 0.373 e. The van der Waals surface area contributed by atoms with Gasteiger partial charge < -0.3 is 10.6 Å². The highest BCUT2D eigenvalue weighted by Gasteiger charge is 2.06. The van der Waals surface area contributed by atoms with Crippen molar-refractivity contribution in [3.63, 3.8) is 0 Å². The van der Waals surface area contributed by atoms with Crippen LogP contribution in [-0.4, -0.2) is 18.6 Å². The molecule has 1 aromatic heterocycles. The van der Waals surface area contributed by atoms with Crippen molar-refractivity contribution in [1.82, 2.24) is 4.98 Å². The van der Waals surface area contributed by atoms with Gasteiger partial charge in [-0.2, -0.15) is 0 Å². The molecule has 0 saturated heterocycles. The Kier molecular flexibility index (Phi) is 5.98. The maximum atomic E-state index is 5.94. The fourth-order valence-electron chi connectivity index (χ4n) is 1.78. The Balaban J connectivity index is 2.54. The van der Waals surface area contributed by atoms with Crippen molar-refractivity contribution in [2.24, 2.45) is 5.73 Å². The van der Waals surface area contributed by atoms with Crippen molar-refractivity contribution in [2.45, 2.75) is 45.6 Å². The minimum Gasteiger partial charge on any atom is -0.373 e. The maximum absolute atomic E-state index is 5.94. The normalized spacial score (nSPS) is 12.5. The molecular weight excluding hydrogens is 210 g/mol. The lowest BCUT2D eigenvalue weighted by Crippen LogP contribution is -2.19. The minimum absolute atomic E-state index is 0.0643. The second-order valence-corrected chi connectivity index (χ2v) is 4.58. The third-order valence-corrected chi connectivity index (χ3v) is 3.13. The summed E-state index contributed by atoms with van der Waals surface area (Å²) in [4.78, 5) is 6.69. The summed E-state index contributed by atoms with van der Waals surface area (Å²) in [5.41, 5.74) is 8.10. The van der Waals surface area contributed by atoms with E-state index in [0.717, 1.165) is 18.7 Å². The van der Waals surface area contributed by atoms with Crippen LogP contribution in [0.5, 0.6) is 0 Å². The highest BCUT2D eigenvalue weighted by Crippen LogP contribution is 2.16. The van der Waals surface area contributed by atoms with E-state index in [0.29, 0.717) is 0 Å². The van der Waals surface area contributed by atoms with E-state index < -0.39 is 0 Å².